The molecule has 1 fully saturated rings. The highest BCUT2D eigenvalue weighted by atomic mass is 16.3. The zero-order valence-corrected chi connectivity index (χ0v) is 7.99. The van der Waals surface area contributed by atoms with Crippen molar-refractivity contribution < 1.29 is 9.52 Å². The third kappa shape index (κ3) is 1.94. The maximum Gasteiger partial charge on any atom is 0.106 e. The van der Waals surface area contributed by atoms with Gasteiger partial charge in [-0.1, -0.05) is 6.92 Å². The molecule has 1 N–H and O–H groups in total. The minimum atomic E-state index is -0.503. The molecule has 72 valence electrons. The minimum Gasteiger partial charge on any atom is -0.469 e. The molecule has 2 nitrogen and oxygen atoms in total. The summed E-state index contributed by atoms with van der Waals surface area (Å²) in [5, 5.41) is 10.2. The zero-order chi connectivity index (χ0) is 9.31. The maximum atomic E-state index is 10.2. The molecule has 1 heterocycles. The van der Waals surface area contributed by atoms with E-state index >= 15 is 0 Å². The molecule has 1 aliphatic carbocycles. The molecule has 2 unspecified atom stereocenters. The standard InChI is InChI=1S/C11H16O2/c1-9-4-5-11(12,7-9)8-10-3-2-6-13-10/h2-3,6,9,12H,4-5,7-8H2,1H3. The van der Waals surface area contributed by atoms with Crippen molar-refractivity contribution in [3.8, 4) is 0 Å². The summed E-state index contributed by atoms with van der Waals surface area (Å²) in [7, 11) is 0. The van der Waals surface area contributed by atoms with E-state index in [9.17, 15) is 5.11 Å². The van der Waals surface area contributed by atoms with E-state index in [1.54, 1.807) is 6.26 Å². The van der Waals surface area contributed by atoms with Crippen LogP contribution in [0.5, 0.6) is 0 Å². The number of hydrogen-bond acceptors (Lipinski definition) is 2. The van der Waals surface area contributed by atoms with Gasteiger partial charge in [-0.05, 0) is 37.3 Å². The molecule has 1 aromatic heterocycles. The second-order valence-electron chi connectivity index (χ2n) is 4.33. The van der Waals surface area contributed by atoms with Crippen LogP contribution in [0.25, 0.3) is 0 Å². The summed E-state index contributed by atoms with van der Waals surface area (Å²) in [5.41, 5.74) is -0.503. The summed E-state index contributed by atoms with van der Waals surface area (Å²) in [6.45, 7) is 2.19. The van der Waals surface area contributed by atoms with Crippen molar-refractivity contribution >= 4 is 0 Å². The SMILES string of the molecule is CC1CCC(O)(Cc2ccco2)C1. The van der Waals surface area contributed by atoms with Gasteiger partial charge in [0, 0.05) is 6.42 Å². The molecule has 1 saturated carbocycles. The summed E-state index contributed by atoms with van der Waals surface area (Å²) in [4.78, 5) is 0. The lowest BCUT2D eigenvalue weighted by molar-refractivity contribution is 0.0396. The predicted molar refractivity (Wildman–Crippen MR) is 50.4 cm³/mol. The first kappa shape index (κ1) is 8.82. The molecule has 2 atom stereocenters. The molecule has 0 radical (unpaired) electrons. The largest absolute Gasteiger partial charge is 0.469 e. The summed E-state index contributed by atoms with van der Waals surface area (Å²) < 4.78 is 5.24. The van der Waals surface area contributed by atoms with Gasteiger partial charge in [-0.2, -0.15) is 0 Å². The van der Waals surface area contributed by atoms with Crippen molar-refractivity contribution in [2.45, 2.75) is 38.2 Å². The van der Waals surface area contributed by atoms with E-state index in [4.69, 9.17) is 4.42 Å². The number of aliphatic hydroxyl groups is 1. The van der Waals surface area contributed by atoms with Gasteiger partial charge in [0.1, 0.15) is 5.76 Å². The maximum absolute atomic E-state index is 10.2. The van der Waals surface area contributed by atoms with E-state index in [1.807, 2.05) is 12.1 Å². The molecule has 0 aromatic carbocycles. The Morgan fingerprint density at radius 3 is 3.08 bits per heavy atom. The molecule has 2 rings (SSSR count). The lowest BCUT2D eigenvalue weighted by Gasteiger charge is -2.20. The van der Waals surface area contributed by atoms with Crippen LogP contribution < -0.4 is 0 Å². The van der Waals surface area contributed by atoms with Gasteiger partial charge in [0.2, 0.25) is 0 Å². The smallest absolute Gasteiger partial charge is 0.106 e. The number of furan rings is 1. The molecule has 0 amide bonds. The first-order chi connectivity index (χ1) is 6.18. The highest BCUT2D eigenvalue weighted by Crippen LogP contribution is 2.36. The van der Waals surface area contributed by atoms with Gasteiger partial charge in [-0.3, -0.25) is 0 Å². The van der Waals surface area contributed by atoms with Crippen LogP contribution in [0.2, 0.25) is 0 Å². The molecule has 2 heteroatoms. The van der Waals surface area contributed by atoms with E-state index in [1.165, 1.54) is 0 Å². The quantitative estimate of drug-likeness (QED) is 0.758. The Bertz CT molecular complexity index is 266. The van der Waals surface area contributed by atoms with Crippen LogP contribution in [0, 0.1) is 5.92 Å². The Morgan fingerprint density at radius 2 is 2.54 bits per heavy atom. The third-order valence-corrected chi connectivity index (χ3v) is 2.91. The van der Waals surface area contributed by atoms with Crippen LogP contribution in [-0.4, -0.2) is 10.7 Å². The Hall–Kier alpha value is -0.760. The first-order valence-electron chi connectivity index (χ1n) is 4.93. The first-order valence-corrected chi connectivity index (χ1v) is 4.93. The van der Waals surface area contributed by atoms with Gasteiger partial charge in [-0.25, -0.2) is 0 Å². The second kappa shape index (κ2) is 3.18. The van der Waals surface area contributed by atoms with Crippen molar-refractivity contribution in [3.63, 3.8) is 0 Å². The Morgan fingerprint density at radius 1 is 1.69 bits per heavy atom. The van der Waals surface area contributed by atoms with Crippen molar-refractivity contribution in [1.82, 2.24) is 0 Å². The molecule has 0 spiro atoms. The monoisotopic (exact) mass is 180 g/mol. The van der Waals surface area contributed by atoms with E-state index in [0.29, 0.717) is 12.3 Å². The summed E-state index contributed by atoms with van der Waals surface area (Å²) in [6, 6.07) is 3.80. The fraction of sp³-hybridized carbons (Fsp3) is 0.636. The number of hydrogen-bond donors (Lipinski definition) is 1. The van der Waals surface area contributed by atoms with Crippen molar-refractivity contribution in [1.29, 1.82) is 0 Å². The van der Waals surface area contributed by atoms with Crippen molar-refractivity contribution in [2.75, 3.05) is 0 Å². The van der Waals surface area contributed by atoms with Crippen LogP contribution in [0.3, 0.4) is 0 Å². The molecule has 1 aliphatic rings. The molecular formula is C11H16O2. The van der Waals surface area contributed by atoms with E-state index < -0.39 is 5.60 Å². The fourth-order valence-corrected chi connectivity index (χ4v) is 2.27. The molecule has 0 aliphatic heterocycles. The van der Waals surface area contributed by atoms with Gasteiger partial charge < -0.3 is 9.52 Å². The highest BCUT2D eigenvalue weighted by Gasteiger charge is 2.35. The normalized spacial score (nSPS) is 33.8. The average Bonchev–Trinajstić information content (AvgIpc) is 2.62. The average molecular weight is 180 g/mol. The fourth-order valence-electron chi connectivity index (χ4n) is 2.27. The molecule has 1 aromatic rings. The van der Waals surface area contributed by atoms with Gasteiger partial charge in [0.15, 0.2) is 0 Å². The summed E-state index contributed by atoms with van der Waals surface area (Å²) in [6.07, 6.45) is 5.29. The number of rotatable bonds is 2. The topological polar surface area (TPSA) is 33.4 Å². The van der Waals surface area contributed by atoms with Crippen LogP contribution in [-0.2, 0) is 6.42 Å². The van der Waals surface area contributed by atoms with E-state index in [0.717, 1.165) is 25.0 Å². The van der Waals surface area contributed by atoms with Gasteiger partial charge >= 0.3 is 0 Å². The Kier molecular flexibility index (Phi) is 2.16. The molecular weight excluding hydrogens is 164 g/mol. The predicted octanol–water partition coefficient (Wildman–Crippen LogP) is 2.37. The Labute approximate surface area is 78.6 Å². The van der Waals surface area contributed by atoms with Crippen LogP contribution in [0.1, 0.15) is 31.9 Å². The summed E-state index contributed by atoms with van der Waals surface area (Å²) >= 11 is 0. The van der Waals surface area contributed by atoms with Gasteiger partial charge in [-0.15, -0.1) is 0 Å². The molecule has 0 bridgehead atoms. The lowest BCUT2D eigenvalue weighted by atomic mass is 9.95. The Balaban J connectivity index is 2.01. The van der Waals surface area contributed by atoms with E-state index in [2.05, 4.69) is 6.92 Å². The van der Waals surface area contributed by atoms with Crippen LogP contribution in [0.4, 0.5) is 0 Å². The van der Waals surface area contributed by atoms with Crippen LogP contribution in [0.15, 0.2) is 22.8 Å². The summed E-state index contributed by atoms with van der Waals surface area (Å²) in [5.74, 6) is 1.55. The minimum absolute atomic E-state index is 0.503. The molecule has 0 saturated heterocycles. The molecule has 13 heavy (non-hydrogen) atoms. The van der Waals surface area contributed by atoms with Crippen molar-refractivity contribution in [3.05, 3.63) is 24.2 Å². The second-order valence-corrected chi connectivity index (χ2v) is 4.33. The lowest BCUT2D eigenvalue weighted by Crippen LogP contribution is -2.27. The van der Waals surface area contributed by atoms with E-state index in [-0.39, 0.29) is 0 Å². The van der Waals surface area contributed by atoms with Gasteiger partial charge in [0.25, 0.3) is 0 Å². The van der Waals surface area contributed by atoms with Crippen LogP contribution >= 0.6 is 0 Å². The van der Waals surface area contributed by atoms with Crippen molar-refractivity contribution in [2.24, 2.45) is 5.92 Å². The highest BCUT2D eigenvalue weighted by molar-refractivity contribution is 5.04. The third-order valence-electron chi connectivity index (χ3n) is 2.91. The zero-order valence-electron chi connectivity index (χ0n) is 7.99. The van der Waals surface area contributed by atoms with Gasteiger partial charge in [0.05, 0.1) is 11.9 Å².